The Balaban J connectivity index is 1.77. The molecule has 0 unspecified atom stereocenters. The number of nitrogens with zero attached hydrogens (tertiary/aromatic N) is 2. The number of hydrogen-bond donors (Lipinski definition) is 1. The summed E-state index contributed by atoms with van der Waals surface area (Å²) < 4.78 is 12.9. The van der Waals surface area contributed by atoms with Crippen molar-refractivity contribution in [2.75, 3.05) is 13.7 Å². The Bertz CT molecular complexity index is 1230. The largest absolute Gasteiger partial charge is 0.490 e. The van der Waals surface area contributed by atoms with Gasteiger partial charge in [-0.1, -0.05) is 23.7 Å². The van der Waals surface area contributed by atoms with E-state index in [2.05, 4.69) is 28.7 Å². The Morgan fingerprint density at radius 3 is 2.65 bits per heavy atom. The predicted molar refractivity (Wildman–Crippen MR) is 139 cm³/mol. The predicted octanol–water partition coefficient (Wildman–Crippen LogP) is 5.65. The van der Waals surface area contributed by atoms with Crippen molar-refractivity contribution in [1.82, 2.24) is 4.90 Å². The van der Waals surface area contributed by atoms with Crippen LogP contribution in [0.4, 0.5) is 0 Å². The molecule has 0 bridgehead atoms. The van der Waals surface area contributed by atoms with Crippen molar-refractivity contribution in [1.29, 1.82) is 5.26 Å². The van der Waals surface area contributed by atoms with Gasteiger partial charge in [0.25, 0.3) is 0 Å². The van der Waals surface area contributed by atoms with Gasteiger partial charge < -0.3 is 20.1 Å². The molecule has 2 aliphatic rings. The number of halogens is 2. The van der Waals surface area contributed by atoms with Crippen molar-refractivity contribution >= 4 is 40.0 Å². The number of ketones is 1. The van der Waals surface area contributed by atoms with Crippen molar-refractivity contribution in [3.05, 3.63) is 78.8 Å². The fraction of sp³-hybridized carbons (Fsp3) is 0.308. The first-order valence-corrected chi connectivity index (χ1v) is 12.5. The molecule has 2 aromatic carbocycles. The van der Waals surface area contributed by atoms with E-state index < -0.39 is 5.92 Å². The number of ether oxygens (including phenoxy) is 2. The van der Waals surface area contributed by atoms with Crippen LogP contribution in [-0.4, -0.2) is 24.3 Å². The number of allylic oxidation sites excluding steroid dienone is 3. The lowest BCUT2D eigenvalue weighted by atomic mass is 9.76. The molecule has 0 saturated heterocycles. The normalized spacial score (nSPS) is 18.0. The minimum Gasteiger partial charge on any atom is -0.490 e. The summed E-state index contributed by atoms with van der Waals surface area (Å²) in [6.45, 7) is 2.70. The van der Waals surface area contributed by atoms with Crippen molar-refractivity contribution in [2.24, 2.45) is 5.73 Å². The molecule has 0 amide bonds. The van der Waals surface area contributed by atoms with E-state index in [-0.39, 0.29) is 5.78 Å². The van der Waals surface area contributed by atoms with Crippen LogP contribution in [0, 0.1) is 14.9 Å². The number of Topliss-reactive ketones (excluding diaryl/α,β-unsaturated/α-hetero) is 1. The summed E-state index contributed by atoms with van der Waals surface area (Å²) in [6, 6.07) is 13.6. The molecule has 0 saturated carbocycles. The molecular weight excluding hydrogens is 565 g/mol. The smallest absolute Gasteiger partial charge is 0.174 e. The second kappa shape index (κ2) is 10.3. The van der Waals surface area contributed by atoms with Gasteiger partial charge in [-0.05, 0) is 77.7 Å². The molecular formula is C26H25ClIN3O3. The van der Waals surface area contributed by atoms with Crippen LogP contribution in [0.3, 0.4) is 0 Å². The second-order valence-electron chi connectivity index (χ2n) is 8.22. The highest BCUT2D eigenvalue weighted by Gasteiger charge is 2.39. The van der Waals surface area contributed by atoms with Gasteiger partial charge >= 0.3 is 0 Å². The lowest BCUT2D eigenvalue weighted by Crippen LogP contribution is -2.36. The fourth-order valence-corrected chi connectivity index (χ4v) is 5.40. The van der Waals surface area contributed by atoms with E-state index in [0.717, 1.165) is 33.2 Å². The Hall–Kier alpha value is -2.70. The third kappa shape index (κ3) is 4.62. The summed E-state index contributed by atoms with van der Waals surface area (Å²) in [7, 11) is 1.82. The third-order valence-corrected chi connectivity index (χ3v) is 7.18. The molecule has 176 valence electrons. The van der Waals surface area contributed by atoms with Gasteiger partial charge in [0.2, 0.25) is 0 Å². The van der Waals surface area contributed by atoms with E-state index in [0.29, 0.717) is 53.1 Å². The Morgan fingerprint density at radius 1 is 1.24 bits per heavy atom. The van der Waals surface area contributed by atoms with Gasteiger partial charge in [-0.3, -0.25) is 4.79 Å². The standard InChI is InChI=1S/C26H25ClIN3O3/c1-3-33-22-12-16(11-19(28)25(22)34-14-15-7-9-17(27)10-8-15)23-18(13-29)26(30)31(2)20-5-4-6-21(32)24(20)23/h7-12,23H,3-6,14,30H2,1-2H3/t23-/m0/s1. The summed E-state index contributed by atoms with van der Waals surface area (Å²) in [5, 5.41) is 10.7. The quantitative estimate of drug-likeness (QED) is 0.438. The molecule has 0 fully saturated rings. The van der Waals surface area contributed by atoms with Crippen LogP contribution < -0.4 is 15.2 Å². The molecule has 2 N–H and O–H groups in total. The number of nitrogens with two attached hydrogens (primary N) is 1. The Labute approximate surface area is 218 Å². The van der Waals surface area contributed by atoms with E-state index >= 15 is 0 Å². The monoisotopic (exact) mass is 589 g/mol. The average Bonchev–Trinajstić information content (AvgIpc) is 2.82. The molecule has 2 aromatic rings. The van der Waals surface area contributed by atoms with Crippen LogP contribution in [0.15, 0.2) is 59.1 Å². The first-order valence-electron chi connectivity index (χ1n) is 11.1. The maximum Gasteiger partial charge on any atom is 0.174 e. The average molecular weight is 590 g/mol. The number of carbonyl (C=O) groups excluding carboxylic acids is 1. The maximum atomic E-state index is 13.0. The van der Waals surface area contributed by atoms with Gasteiger partial charge in [-0.25, -0.2) is 0 Å². The van der Waals surface area contributed by atoms with Crippen molar-refractivity contribution in [2.45, 2.75) is 38.7 Å². The van der Waals surface area contributed by atoms with Gasteiger partial charge in [-0.15, -0.1) is 0 Å². The van der Waals surface area contributed by atoms with Gasteiger partial charge in [0.1, 0.15) is 12.4 Å². The molecule has 8 heteroatoms. The Kier molecular flexibility index (Phi) is 7.39. The van der Waals surface area contributed by atoms with Gasteiger partial charge in [-0.2, -0.15) is 5.26 Å². The molecule has 6 nitrogen and oxygen atoms in total. The van der Waals surface area contributed by atoms with Gasteiger partial charge in [0.05, 0.1) is 27.7 Å². The van der Waals surface area contributed by atoms with E-state index in [4.69, 9.17) is 26.8 Å². The number of nitriles is 1. The number of hydrogen-bond acceptors (Lipinski definition) is 6. The van der Waals surface area contributed by atoms with Gasteiger partial charge in [0, 0.05) is 29.8 Å². The fourth-order valence-electron chi connectivity index (χ4n) is 4.49. The molecule has 1 aliphatic carbocycles. The Morgan fingerprint density at radius 2 is 1.97 bits per heavy atom. The summed E-state index contributed by atoms with van der Waals surface area (Å²) >= 11 is 8.19. The molecule has 1 aliphatic heterocycles. The lowest BCUT2D eigenvalue weighted by molar-refractivity contribution is -0.116. The highest BCUT2D eigenvalue weighted by Crippen LogP contribution is 2.46. The first-order chi connectivity index (χ1) is 16.3. The zero-order valence-corrected chi connectivity index (χ0v) is 21.9. The van der Waals surface area contributed by atoms with Crippen LogP contribution in [0.5, 0.6) is 11.5 Å². The third-order valence-electron chi connectivity index (χ3n) is 6.13. The summed E-state index contributed by atoms with van der Waals surface area (Å²) in [6.07, 6.45) is 2.01. The van der Waals surface area contributed by atoms with E-state index in [1.165, 1.54) is 0 Å². The zero-order chi connectivity index (χ0) is 24.4. The van der Waals surface area contributed by atoms with Crippen LogP contribution in [0.2, 0.25) is 5.02 Å². The van der Waals surface area contributed by atoms with Crippen molar-refractivity contribution < 1.29 is 14.3 Å². The molecule has 1 atom stereocenters. The van der Waals surface area contributed by atoms with Crippen molar-refractivity contribution in [3.8, 4) is 17.6 Å². The van der Waals surface area contributed by atoms with E-state index in [1.54, 1.807) is 4.90 Å². The highest BCUT2D eigenvalue weighted by molar-refractivity contribution is 14.1. The van der Waals surface area contributed by atoms with E-state index in [1.807, 2.05) is 50.4 Å². The molecule has 0 aromatic heterocycles. The van der Waals surface area contributed by atoms with Crippen LogP contribution in [-0.2, 0) is 11.4 Å². The minimum atomic E-state index is -0.526. The molecule has 0 radical (unpaired) electrons. The molecule has 0 spiro atoms. The van der Waals surface area contributed by atoms with Crippen LogP contribution in [0.25, 0.3) is 0 Å². The molecule has 1 heterocycles. The lowest BCUT2D eigenvalue weighted by Gasteiger charge is -2.37. The summed E-state index contributed by atoms with van der Waals surface area (Å²) in [4.78, 5) is 14.8. The van der Waals surface area contributed by atoms with Crippen molar-refractivity contribution in [3.63, 3.8) is 0 Å². The number of rotatable bonds is 6. The maximum absolute atomic E-state index is 13.0. The van der Waals surface area contributed by atoms with Crippen LogP contribution in [0.1, 0.15) is 43.2 Å². The van der Waals surface area contributed by atoms with Crippen LogP contribution >= 0.6 is 34.2 Å². The second-order valence-corrected chi connectivity index (χ2v) is 9.82. The molecule has 4 rings (SSSR count). The summed E-state index contributed by atoms with van der Waals surface area (Å²) in [5.74, 6) is 1.11. The number of benzene rings is 2. The first kappa shape index (κ1) is 24.4. The molecule has 34 heavy (non-hydrogen) atoms. The SMILES string of the molecule is CCOc1cc([C@H]2C(C#N)=C(N)N(C)C3=C2C(=O)CCC3)cc(I)c1OCc1ccc(Cl)cc1. The highest BCUT2D eigenvalue weighted by atomic mass is 127. The minimum absolute atomic E-state index is 0.0642. The van der Waals surface area contributed by atoms with E-state index in [9.17, 15) is 10.1 Å². The summed E-state index contributed by atoms with van der Waals surface area (Å²) in [5.41, 5.74) is 10.1. The number of carbonyl (C=O) groups is 1. The van der Waals surface area contributed by atoms with Gasteiger partial charge in [0.15, 0.2) is 17.3 Å². The topological polar surface area (TPSA) is 88.6 Å². The zero-order valence-electron chi connectivity index (χ0n) is 19.0.